The zero-order chi connectivity index (χ0) is 15.0. The summed E-state index contributed by atoms with van der Waals surface area (Å²) in [5.74, 6) is -0.139. The van der Waals surface area contributed by atoms with Crippen LogP contribution in [-0.2, 0) is 6.42 Å². The van der Waals surface area contributed by atoms with E-state index in [1.54, 1.807) is 12.1 Å². The van der Waals surface area contributed by atoms with Crippen molar-refractivity contribution in [1.29, 1.82) is 0 Å². The number of fused-ring (bicyclic) bond motifs is 1. The molecule has 21 heavy (non-hydrogen) atoms. The van der Waals surface area contributed by atoms with E-state index in [-0.39, 0.29) is 18.0 Å². The molecule has 0 spiro atoms. The largest absolute Gasteiger partial charge is 0.453 e. The van der Waals surface area contributed by atoms with E-state index in [1.165, 1.54) is 12.1 Å². The van der Waals surface area contributed by atoms with Crippen molar-refractivity contribution in [3.05, 3.63) is 69.6 Å². The van der Waals surface area contributed by atoms with Crippen LogP contribution in [0.2, 0.25) is 0 Å². The Morgan fingerprint density at radius 1 is 1.19 bits per heavy atom. The lowest BCUT2D eigenvalue weighted by atomic mass is 10.1. The Morgan fingerprint density at radius 3 is 2.76 bits per heavy atom. The van der Waals surface area contributed by atoms with E-state index < -0.39 is 0 Å². The fourth-order valence-corrected chi connectivity index (χ4v) is 2.72. The van der Waals surface area contributed by atoms with Crippen LogP contribution >= 0.6 is 15.9 Å². The van der Waals surface area contributed by atoms with Crippen molar-refractivity contribution < 1.29 is 13.6 Å². The van der Waals surface area contributed by atoms with E-state index in [0.717, 1.165) is 16.5 Å². The highest BCUT2D eigenvalue weighted by Crippen LogP contribution is 2.24. The van der Waals surface area contributed by atoms with Gasteiger partial charge in [0, 0.05) is 16.3 Å². The second kappa shape index (κ2) is 5.45. The normalized spacial score (nSPS) is 11.0. The molecule has 3 rings (SSSR count). The molecule has 2 nitrogen and oxygen atoms in total. The number of rotatable bonds is 3. The molecule has 1 aromatic heterocycles. The maximum atomic E-state index is 13.1. The first-order valence-electron chi connectivity index (χ1n) is 6.50. The average molecular weight is 347 g/mol. The Kier molecular flexibility index (Phi) is 3.64. The molecule has 0 fully saturated rings. The third-order valence-electron chi connectivity index (χ3n) is 3.31. The van der Waals surface area contributed by atoms with Crippen LogP contribution in [0.4, 0.5) is 4.39 Å². The third-order valence-corrected chi connectivity index (χ3v) is 4.05. The Bertz CT molecular complexity index is 836. The third kappa shape index (κ3) is 2.90. The van der Waals surface area contributed by atoms with Crippen molar-refractivity contribution in [2.45, 2.75) is 13.3 Å². The molecular weight excluding hydrogens is 335 g/mol. The first-order chi connectivity index (χ1) is 10.0. The van der Waals surface area contributed by atoms with E-state index >= 15 is 0 Å². The van der Waals surface area contributed by atoms with Gasteiger partial charge in [0.2, 0.25) is 5.78 Å². The first kappa shape index (κ1) is 14.0. The predicted molar refractivity (Wildman–Crippen MR) is 83.1 cm³/mol. The monoisotopic (exact) mass is 346 g/mol. The molecule has 4 heteroatoms. The number of hydrogen-bond acceptors (Lipinski definition) is 2. The number of halogens is 2. The number of hydrogen-bond donors (Lipinski definition) is 0. The minimum Gasteiger partial charge on any atom is -0.453 e. The topological polar surface area (TPSA) is 30.2 Å². The van der Waals surface area contributed by atoms with Crippen LogP contribution in [0.15, 0.2) is 51.4 Å². The van der Waals surface area contributed by atoms with E-state index in [1.807, 2.05) is 25.1 Å². The predicted octanol–water partition coefficient (Wildman–Crippen LogP) is 5.07. The molecule has 0 saturated carbocycles. The van der Waals surface area contributed by atoms with E-state index in [2.05, 4.69) is 15.9 Å². The smallest absolute Gasteiger partial charge is 0.202 e. The van der Waals surface area contributed by atoms with Crippen LogP contribution in [0.1, 0.15) is 21.7 Å². The Hall–Kier alpha value is -1.94. The van der Waals surface area contributed by atoms with Gasteiger partial charge in [-0.15, -0.1) is 0 Å². The van der Waals surface area contributed by atoms with Gasteiger partial charge in [-0.25, -0.2) is 4.39 Å². The lowest BCUT2D eigenvalue weighted by molar-refractivity contribution is 0.0968. The van der Waals surface area contributed by atoms with Gasteiger partial charge in [0.05, 0.1) is 0 Å². The minimum atomic E-state index is -0.336. The van der Waals surface area contributed by atoms with Crippen LogP contribution in [0.5, 0.6) is 0 Å². The molecule has 0 aliphatic rings. The molecule has 2 aromatic carbocycles. The number of Topliss-reactive ketones (excluding diaryl/α,β-unsaturated/α-hetero) is 1. The summed E-state index contributed by atoms with van der Waals surface area (Å²) < 4.78 is 19.2. The molecule has 0 unspecified atom stereocenters. The van der Waals surface area contributed by atoms with Gasteiger partial charge in [0.15, 0.2) is 5.76 Å². The number of carbonyl (C=O) groups excluding carboxylic acids is 1. The molecule has 0 radical (unpaired) electrons. The second-order valence-electron chi connectivity index (χ2n) is 4.99. The fraction of sp³-hybridized carbons (Fsp3) is 0.118. The summed E-state index contributed by atoms with van der Waals surface area (Å²) in [4.78, 5) is 12.3. The van der Waals surface area contributed by atoms with Crippen molar-refractivity contribution in [2.24, 2.45) is 0 Å². The standard InChI is InChI=1S/C17H12BrFO2/c1-10-2-5-16-12(6-10)8-17(21-16)15(20)7-11-3-4-13(19)9-14(11)18/h2-6,8-9H,7H2,1H3. The molecular formula is C17H12BrFO2. The molecule has 0 saturated heterocycles. The molecule has 0 atom stereocenters. The lowest BCUT2D eigenvalue weighted by Crippen LogP contribution is -2.02. The molecule has 0 N–H and O–H groups in total. The van der Waals surface area contributed by atoms with E-state index in [9.17, 15) is 9.18 Å². The molecule has 0 amide bonds. The molecule has 106 valence electrons. The molecule has 1 heterocycles. The average Bonchev–Trinajstić information content (AvgIpc) is 2.85. The number of ketones is 1. The summed E-state index contributed by atoms with van der Waals surface area (Å²) in [6.07, 6.45) is 0.166. The van der Waals surface area contributed by atoms with Crippen molar-refractivity contribution in [1.82, 2.24) is 0 Å². The highest BCUT2D eigenvalue weighted by atomic mass is 79.9. The summed E-state index contributed by atoms with van der Waals surface area (Å²) in [7, 11) is 0. The second-order valence-corrected chi connectivity index (χ2v) is 5.84. The SMILES string of the molecule is Cc1ccc2oc(C(=O)Cc3ccc(F)cc3Br)cc2c1. The number of benzene rings is 2. The quantitative estimate of drug-likeness (QED) is 0.620. The minimum absolute atomic E-state index is 0.129. The van der Waals surface area contributed by atoms with Gasteiger partial charge < -0.3 is 4.42 Å². The lowest BCUT2D eigenvalue weighted by Gasteiger charge is -2.02. The van der Waals surface area contributed by atoms with Gasteiger partial charge in [0.1, 0.15) is 11.4 Å². The summed E-state index contributed by atoms with van der Waals surface area (Å²) in [6.45, 7) is 1.99. The number of aryl methyl sites for hydroxylation is 1. The number of furan rings is 1. The summed E-state index contributed by atoms with van der Waals surface area (Å²) >= 11 is 3.27. The maximum absolute atomic E-state index is 13.1. The van der Waals surface area contributed by atoms with Crippen LogP contribution in [0.3, 0.4) is 0 Å². The van der Waals surface area contributed by atoms with Gasteiger partial charge in [-0.2, -0.15) is 0 Å². The molecule has 3 aromatic rings. The Morgan fingerprint density at radius 2 is 2.00 bits per heavy atom. The molecule has 0 aliphatic carbocycles. The highest BCUT2D eigenvalue weighted by molar-refractivity contribution is 9.10. The van der Waals surface area contributed by atoms with Crippen molar-refractivity contribution in [3.8, 4) is 0 Å². The fourth-order valence-electron chi connectivity index (χ4n) is 2.23. The van der Waals surface area contributed by atoms with Gasteiger partial charge >= 0.3 is 0 Å². The Balaban J connectivity index is 1.89. The van der Waals surface area contributed by atoms with E-state index in [0.29, 0.717) is 15.8 Å². The number of carbonyl (C=O) groups is 1. The van der Waals surface area contributed by atoms with Crippen molar-refractivity contribution >= 4 is 32.7 Å². The maximum Gasteiger partial charge on any atom is 0.202 e. The van der Waals surface area contributed by atoms with Crippen LogP contribution in [0, 0.1) is 12.7 Å². The summed E-state index contributed by atoms with van der Waals surface area (Å²) in [6, 6.07) is 11.8. The van der Waals surface area contributed by atoms with Gasteiger partial charge in [-0.1, -0.05) is 33.6 Å². The summed E-state index contributed by atoms with van der Waals surface area (Å²) in [5.41, 5.74) is 2.55. The van der Waals surface area contributed by atoms with E-state index in [4.69, 9.17) is 4.42 Å². The van der Waals surface area contributed by atoms with Gasteiger partial charge in [-0.05, 0) is 42.8 Å². The van der Waals surface area contributed by atoms with Gasteiger partial charge in [-0.3, -0.25) is 4.79 Å². The summed E-state index contributed by atoms with van der Waals surface area (Å²) in [5, 5.41) is 0.913. The highest BCUT2D eigenvalue weighted by Gasteiger charge is 2.14. The zero-order valence-electron chi connectivity index (χ0n) is 11.3. The molecule has 0 bridgehead atoms. The van der Waals surface area contributed by atoms with Crippen LogP contribution in [-0.4, -0.2) is 5.78 Å². The first-order valence-corrected chi connectivity index (χ1v) is 7.29. The van der Waals surface area contributed by atoms with Crippen LogP contribution < -0.4 is 0 Å². The zero-order valence-corrected chi connectivity index (χ0v) is 12.9. The van der Waals surface area contributed by atoms with Gasteiger partial charge in [0.25, 0.3) is 0 Å². The van der Waals surface area contributed by atoms with Crippen LogP contribution in [0.25, 0.3) is 11.0 Å². The Labute approximate surface area is 129 Å². The molecule has 0 aliphatic heterocycles. The van der Waals surface area contributed by atoms with Crippen molar-refractivity contribution in [3.63, 3.8) is 0 Å². The van der Waals surface area contributed by atoms with Crippen molar-refractivity contribution in [2.75, 3.05) is 0 Å².